The van der Waals surface area contributed by atoms with Gasteiger partial charge in [-0.05, 0) is 74.4 Å². The third-order valence-corrected chi connectivity index (χ3v) is 6.70. The molecule has 158 valence electrons. The summed E-state index contributed by atoms with van der Waals surface area (Å²) in [5, 5.41) is 10.6. The summed E-state index contributed by atoms with van der Waals surface area (Å²) >= 11 is 1.33. The van der Waals surface area contributed by atoms with Crippen LogP contribution in [0.2, 0.25) is 0 Å². The van der Waals surface area contributed by atoms with Crippen LogP contribution in [0.25, 0.3) is 5.70 Å². The molecule has 1 aromatic heterocycles. The summed E-state index contributed by atoms with van der Waals surface area (Å²) < 4.78 is 1.76. The summed E-state index contributed by atoms with van der Waals surface area (Å²) in [6.45, 7) is 5.83. The Hall–Kier alpha value is -2.41. The minimum atomic E-state index is -0.0449. The predicted molar refractivity (Wildman–Crippen MR) is 119 cm³/mol. The minimum Gasteiger partial charge on any atom is -0.294 e. The van der Waals surface area contributed by atoms with Crippen LogP contribution < -0.4 is 5.01 Å². The lowest BCUT2D eigenvalue weighted by atomic mass is 9.89. The second-order valence-corrected chi connectivity index (χ2v) is 8.92. The number of hydrogen-bond donors (Lipinski definition) is 0. The number of nitrogens with zero attached hydrogens (tertiary/aromatic N) is 4. The Morgan fingerprint density at radius 3 is 2.50 bits per heavy atom. The Morgan fingerprint density at radius 2 is 1.77 bits per heavy atom. The molecule has 0 fully saturated rings. The third-order valence-electron chi connectivity index (χ3n) is 5.64. The van der Waals surface area contributed by atoms with Crippen LogP contribution in [0.4, 0.5) is 0 Å². The zero-order valence-electron chi connectivity index (χ0n) is 17.9. The molecule has 1 amide bonds. The molecular weight excluding hydrogens is 396 g/mol. The molecule has 7 heteroatoms. The van der Waals surface area contributed by atoms with Crippen molar-refractivity contribution in [3.8, 4) is 0 Å². The van der Waals surface area contributed by atoms with Crippen molar-refractivity contribution < 1.29 is 9.59 Å². The number of aromatic nitrogens is 3. The van der Waals surface area contributed by atoms with Gasteiger partial charge in [0.1, 0.15) is 0 Å². The maximum absolute atomic E-state index is 13.3. The molecule has 0 bridgehead atoms. The summed E-state index contributed by atoms with van der Waals surface area (Å²) in [4.78, 5) is 27.0. The van der Waals surface area contributed by atoms with Gasteiger partial charge in [0.05, 0.1) is 10.6 Å². The lowest BCUT2D eigenvalue weighted by Crippen LogP contribution is -2.42. The number of thioether (sulfide) groups is 1. The highest BCUT2D eigenvalue weighted by atomic mass is 32.2. The second kappa shape index (κ2) is 8.76. The largest absolute Gasteiger partial charge is 0.294 e. The zero-order valence-corrected chi connectivity index (χ0v) is 18.7. The van der Waals surface area contributed by atoms with Gasteiger partial charge in [0.2, 0.25) is 11.1 Å². The monoisotopic (exact) mass is 424 g/mol. The average Bonchev–Trinajstić information content (AvgIpc) is 3.13. The highest BCUT2D eigenvalue weighted by Crippen LogP contribution is 2.41. The van der Waals surface area contributed by atoms with E-state index < -0.39 is 0 Å². The van der Waals surface area contributed by atoms with Crippen LogP contribution in [0.15, 0.2) is 28.3 Å². The van der Waals surface area contributed by atoms with Gasteiger partial charge in [-0.15, -0.1) is 10.2 Å². The van der Waals surface area contributed by atoms with Crippen molar-refractivity contribution in [1.29, 1.82) is 0 Å². The van der Waals surface area contributed by atoms with E-state index in [9.17, 15) is 9.59 Å². The van der Waals surface area contributed by atoms with Crippen molar-refractivity contribution in [1.82, 2.24) is 14.9 Å². The van der Waals surface area contributed by atoms with Gasteiger partial charge in [0.15, 0.2) is 11.6 Å². The molecule has 1 aliphatic heterocycles. The number of aryl methyl sites for hydroxylation is 3. The van der Waals surface area contributed by atoms with Crippen LogP contribution in [-0.2, 0) is 22.4 Å². The third kappa shape index (κ3) is 3.71. The number of allylic oxidation sites excluding steroid dienone is 1. The summed E-state index contributed by atoms with van der Waals surface area (Å²) in [5.41, 5.74) is 4.31. The second-order valence-electron chi connectivity index (χ2n) is 7.94. The molecule has 2 aliphatic rings. The predicted octanol–water partition coefficient (Wildman–Crippen LogP) is 4.57. The molecule has 0 N–H and O–H groups in total. The highest BCUT2D eigenvalue weighted by Gasteiger charge is 2.36. The average molecular weight is 425 g/mol. The molecule has 0 radical (unpaired) electrons. The number of benzene rings is 1. The maximum Gasteiger partial charge on any atom is 0.246 e. The van der Waals surface area contributed by atoms with Crippen molar-refractivity contribution >= 4 is 29.1 Å². The van der Waals surface area contributed by atoms with E-state index in [1.807, 2.05) is 20.8 Å². The van der Waals surface area contributed by atoms with E-state index in [1.54, 1.807) is 9.69 Å². The van der Waals surface area contributed by atoms with Crippen LogP contribution in [0.1, 0.15) is 74.9 Å². The van der Waals surface area contributed by atoms with E-state index in [4.69, 9.17) is 0 Å². The molecule has 6 nitrogen and oxygen atoms in total. The molecule has 4 rings (SSSR count). The van der Waals surface area contributed by atoms with Crippen LogP contribution in [-0.4, -0.2) is 26.6 Å². The fraction of sp³-hybridized carbons (Fsp3) is 0.478. The van der Waals surface area contributed by atoms with Gasteiger partial charge in [0, 0.05) is 18.4 Å². The number of ketones is 1. The number of rotatable bonds is 6. The Morgan fingerprint density at radius 1 is 1.03 bits per heavy atom. The smallest absolute Gasteiger partial charge is 0.246 e. The van der Waals surface area contributed by atoms with Gasteiger partial charge >= 0.3 is 0 Å². The lowest BCUT2D eigenvalue weighted by molar-refractivity contribution is -0.119. The van der Waals surface area contributed by atoms with E-state index in [0.29, 0.717) is 34.4 Å². The Kier molecular flexibility index (Phi) is 6.09. The van der Waals surface area contributed by atoms with Crippen molar-refractivity contribution in [3.05, 3.63) is 45.6 Å². The number of Topliss-reactive ketones (excluding diaryl/α,β-unsaturated/α-hetero) is 1. The Bertz CT molecular complexity index is 1020. The van der Waals surface area contributed by atoms with Gasteiger partial charge in [0.25, 0.3) is 0 Å². The first-order valence-electron chi connectivity index (χ1n) is 10.9. The standard InChI is InChI=1S/C23H28N4O2S/c1-4-8-19(28)22-21(18-13-12-16-10-6-7-11-17(16)14-18)27(20(29)9-5-2)26-15(3)24-25-23(26)30-22/h12-14H,4-11H2,1-3H3. The maximum atomic E-state index is 13.3. The van der Waals surface area contributed by atoms with E-state index in [1.165, 1.54) is 35.7 Å². The van der Waals surface area contributed by atoms with Gasteiger partial charge in [-0.2, -0.15) is 0 Å². The number of carbonyl (C=O) groups excluding carboxylic acids is 2. The molecule has 1 aromatic carbocycles. The van der Waals surface area contributed by atoms with E-state index in [-0.39, 0.29) is 11.7 Å². The summed E-state index contributed by atoms with van der Waals surface area (Å²) in [5.74, 6) is 0.646. The quantitative estimate of drug-likeness (QED) is 0.679. The summed E-state index contributed by atoms with van der Waals surface area (Å²) in [6, 6.07) is 6.41. The van der Waals surface area contributed by atoms with Crippen LogP contribution in [0.3, 0.4) is 0 Å². The van der Waals surface area contributed by atoms with Crippen molar-refractivity contribution in [3.63, 3.8) is 0 Å². The van der Waals surface area contributed by atoms with E-state index >= 15 is 0 Å². The van der Waals surface area contributed by atoms with Crippen molar-refractivity contribution in [2.45, 2.75) is 77.3 Å². The molecule has 2 heterocycles. The van der Waals surface area contributed by atoms with Crippen LogP contribution in [0.5, 0.6) is 0 Å². The Labute approximate surface area is 181 Å². The number of amides is 1. The first kappa shape index (κ1) is 20.8. The number of hydrogen-bond acceptors (Lipinski definition) is 5. The molecule has 0 saturated carbocycles. The molecule has 30 heavy (non-hydrogen) atoms. The van der Waals surface area contributed by atoms with Gasteiger partial charge in [-0.3, -0.25) is 9.59 Å². The van der Waals surface area contributed by atoms with Crippen LogP contribution >= 0.6 is 11.8 Å². The summed E-state index contributed by atoms with van der Waals surface area (Å²) in [6.07, 6.45) is 6.86. The fourth-order valence-electron chi connectivity index (χ4n) is 4.19. The first-order chi connectivity index (χ1) is 14.5. The van der Waals surface area contributed by atoms with Crippen LogP contribution in [0, 0.1) is 6.92 Å². The molecular formula is C23H28N4O2S. The highest BCUT2D eigenvalue weighted by molar-refractivity contribution is 8.04. The number of carbonyl (C=O) groups is 2. The molecule has 0 atom stereocenters. The fourth-order valence-corrected chi connectivity index (χ4v) is 5.27. The molecule has 0 spiro atoms. The molecule has 0 unspecified atom stereocenters. The minimum absolute atomic E-state index is 0.0449. The number of fused-ring (bicyclic) bond motifs is 2. The van der Waals surface area contributed by atoms with Crippen molar-refractivity contribution in [2.75, 3.05) is 5.01 Å². The summed E-state index contributed by atoms with van der Waals surface area (Å²) in [7, 11) is 0. The zero-order chi connectivity index (χ0) is 21.3. The lowest BCUT2D eigenvalue weighted by Gasteiger charge is -2.33. The van der Waals surface area contributed by atoms with Gasteiger partial charge in [-0.25, -0.2) is 9.69 Å². The molecule has 0 saturated heterocycles. The first-order valence-corrected chi connectivity index (χ1v) is 11.7. The normalized spacial score (nSPS) is 15.8. The molecule has 2 aromatic rings. The topological polar surface area (TPSA) is 68.1 Å². The Balaban J connectivity index is 1.92. The SMILES string of the molecule is CCCC(=O)C1=C(c2ccc3c(c2)CCCC3)N(C(=O)CCC)n2c(C)nnc2S1. The van der Waals surface area contributed by atoms with Crippen molar-refractivity contribution in [2.24, 2.45) is 0 Å². The van der Waals surface area contributed by atoms with E-state index in [0.717, 1.165) is 31.2 Å². The van der Waals surface area contributed by atoms with E-state index in [2.05, 4.69) is 28.4 Å². The van der Waals surface area contributed by atoms with Gasteiger partial charge < -0.3 is 0 Å². The van der Waals surface area contributed by atoms with Gasteiger partial charge in [-0.1, -0.05) is 26.0 Å². The molecule has 1 aliphatic carbocycles.